The molecule has 0 radical (unpaired) electrons. The number of ether oxygens (including phenoxy) is 2. The summed E-state index contributed by atoms with van der Waals surface area (Å²) in [5.74, 6) is 2.73. The van der Waals surface area contributed by atoms with Crippen molar-refractivity contribution in [1.82, 2.24) is 0 Å². The lowest BCUT2D eigenvalue weighted by atomic mass is 9.43. The van der Waals surface area contributed by atoms with Crippen molar-refractivity contribution in [2.45, 2.75) is 6.92 Å². The van der Waals surface area contributed by atoms with E-state index in [2.05, 4.69) is 193 Å². The Morgan fingerprint density at radius 3 is 1.86 bits per heavy atom. The monoisotopic (exact) mass is 832 g/mol. The number of para-hydroxylation sites is 4. The van der Waals surface area contributed by atoms with Crippen LogP contribution in [0.25, 0.3) is 66.1 Å². The molecule has 65 heavy (non-hydrogen) atoms. The highest BCUT2D eigenvalue weighted by molar-refractivity contribution is 6.94. The van der Waals surface area contributed by atoms with Crippen LogP contribution in [0.1, 0.15) is 5.56 Å². The normalized spacial score (nSPS) is 13.2. The maximum atomic E-state index is 6.92. The van der Waals surface area contributed by atoms with Gasteiger partial charge in [0.2, 0.25) is 0 Å². The van der Waals surface area contributed by atoms with Gasteiger partial charge in [-0.1, -0.05) is 140 Å². The molecule has 0 spiro atoms. The first-order valence-corrected chi connectivity index (χ1v) is 22.2. The van der Waals surface area contributed by atoms with E-state index >= 15 is 0 Å². The molecule has 1 aromatic heterocycles. The fourth-order valence-corrected chi connectivity index (χ4v) is 10.7. The number of hydrogen-bond acceptors (Lipinski definition) is 5. The standard InChI is InChI=1S/C59H37BN2O3/c1-36-31-40(37-15-4-2-5-16-37)28-29-47(36)61-50-35-56-55(63-53-25-12-13-26-54(53)64-56)34-46(50)60-58-45(32-41(33-51(58)61)38-17-6-3-7-18-38)57-42-20-9-8-19-39(42)27-30-48(57)62(60)49-23-14-22-44-43-21-10-11-24-52(43)65-59(44)49/h2-35H,1H3. The zero-order valence-corrected chi connectivity index (χ0v) is 35.3. The van der Waals surface area contributed by atoms with Crippen LogP contribution in [-0.2, 0) is 0 Å². The van der Waals surface area contributed by atoms with Crippen LogP contribution in [0.15, 0.2) is 211 Å². The maximum absolute atomic E-state index is 6.92. The van der Waals surface area contributed by atoms with E-state index in [-0.39, 0.29) is 6.85 Å². The average Bonchev–Trinajstić information content (AvgIpc) is 3.75. The SMILES string of the molecule is Cc1cc(-c2ccccc2)ccc1N1c2cc3c(cc2B2c4c(cc(-c5ccccc5)cc41)-c1c(ccc4ccccc14)N2c1cccc2c1oc1ccccc12)Oc1ccccc1O3. The minimum absolute atomic E-state index is 0.307. The van der Waals surface area contributed by atoms with Crippen LogP contribution in [0.4, 0.5) is 28.4 Å². The number of benzene rings is 10. The molecule has 3 aliphatic rings. The molecule has 0 atom stereocenters. The second kappa shape index (κ2) is 13.8. The van der Waals surface area contributed by atoms with E-state index in [1.54, 1.807) is 0 Å². The molecule has 0 saturated heterocycles. The lowest BCUT2D eigenvalue weighted by molar-refractivity contribution is 0.360. The molecule has 0 unspecified atom stereocenters. The van der Waals surface area contributed by atoms with E-state index in [9.17, 15) is 0 Å². The molecule has 0 amide bonds. The third-order valence-corrected chi connectivity index (χ3v) is 13.6. The van der Waals surface area contributed by atoms with Gasteiger partial charge in [0.25, 0.3) is 0 Å². The molecule has 0 saturated carbocycles. The Balaban J connectivity index is 1.12. The highest BCUT2D eigenvalue weighted by Crippen LogP contribution is 2.54. The molecule has 0 bridgehead atoms. The summed E-state index contributed by atoms with van der Waals surface area (Å²) >= 11 is 0. The Kier molecular flexibility index (Phi) is 7.63. The van der Waals surface area contributed by atoms with E-state index in [0.29, 0.717) is 23.0 Å². The van der Waals surface area contributed by atoms with Gasteiger partial charge in [0.15, 0.2) is 28.6 Å². The molecule has 304 valence electrons. The van der Waals surface area contributed by atoms with E-state index in [4.69, 9.17) is 13.9 Å². The number of aryl methyl sites for hydroxylation is 1. The Hall–Kier alpha value is -8.48. The van der Waals surface area contributed by atoms with Crippen molar-refractivity contribution in [3.8, 4) is 56.4 Å². The molecular formula is C59H37BN2O3. The van der Waals surface area contributed by atoms with Crippen LogP contribution in [-0.4, -0.2) is 6.85 Å². The van der Waals surface area contributed by atoms with Gasteiger partial charge >= 0.3 is 6.85 Å². The molecule has 14 rings (SSSR count). The third-order valence-electron chi connectivity index (χ3n) is 13.6. The van der Waals surface area contributed by atoms with Crippen molar-refractivity contribution in [3.63, 3.8) is 0 Å². The number of nitrogens with zero attached hydrogens (tertiary/aromatic N) is 2. The molecule has 5 nitrogen and oxygen atoms in total. The van der Waals surface area contributed by atoms with Gasteiger partial charge in [-0.2, -0.15) is 0 Å². The Labute approximate surface area is 376 Å². The van der Waals surface area contributed by atoms with Crippen LogP contribution < -0.4 is 30.1 Å². The van der Waals surface area contributed by atoms with Crippen LogP contribution in [0.2, 0.25) is 0 Å². The maximum Gasteiger partial charge on any atom is 0.333 e. The highest BCUT2D eigenvalue weighted by atomic mass is 16.6. The minimum Gasteiger partial charge on any atom is -0.454 e. The van der Waals surface area contributed by atoms with Crippen LogP contribution in [0.3, 0.4) is 0 Å². The number of furan rings is 1. The van der Waals surface area contributed by atoms with Gasteiger partial charge in [0, 0.05) is 45.2 Å². The van der Waals surface area contributed by atoms with Crippen molar-refractivity contribution >= 4 is 78.9 Å². The van der Waals surface area contributed by atoms with Gasteiger partial charge in [-0.05, 0) is 123 Å². The van der Waals surface area contributed by atoms with E-state index in [1.807, 2.05) is 30.3 Å². The molecule has 4 heterocycles. The van der Waals surface area contributed by atoms with Crippen molar-refractivity contribution in [1.29, 1.82) is 0 Å². The third kappa shape index (κ3) is 5.34. The first-order chi connectivity index (χ1) is 32.1. The zero-order chi connectivity index (χ0) is 42.8. The Morgan fingerprint density at radius 2 is 1.08 bits per heavy atom. The smallest absolute Gasteiger partial charge is 0.333 e. The fraction of sp³-hybridized carbons (Fsp3) is 0.0169. The van der Waals surface area contributed by atoms with Crippen LogP contribution >= 0.6 is 0 Å². The van der Waals surface area contributed by atoms with Gasteiger partial charge in [-0.15, -0.1) is 0 Å². The molecular weight excluding hydrogens is 795 g/mol. The van der Waals surface area contributed by atoms with E-state index in [1.165, 1.54) is 38.5 Å². The molecule has 0 fully saturated rings. The minimum atomic E-state index is -0.307. The lowest BCUT2D eigenvalue weighted by Gasteiger charge is -2.46. The van der Waals surface area contributed by atoms with Gasteiger partial charge in [0.05, 0.1) is 5.69 Å². The van der Waals surface area contributed by atoms with Crippen molar-refractivity contribution < 1.29 is 13.9 Å². The predicted molar refractivity (Wildman–Crippen MR) is 267 cm³/mol. The topological polar surface area (TPSA) is 38.1 Å². The van der Waals surface area contributed by atoms with Gasteiger partial charge in [0.1, 0.15) is 5.58 Å². The first kappa shape index (κ1) is 36.1. The summed E-state index contributed by atoms with van der Waals surface area (Å²) in [5, 5.41) is 4.55. The highest BCUT2D eigenvalue weighted by Gasteiger charge is 2.47. The van der Waals surface area contributed by atoms with Crippen LogP contribution in [0.5, 0.6) is 23.0 Å². The van der Waals surface area contributed by atoms with Crippen molar-refractivity contribution in [2.24, 2.45) is 0 Å². The van der Waals surface area contributed by atoms with E-state index < -0.39 is 0 Å². The molecule has 3 aliphatic heterocycles. The zero-order valence-electron chi connectivity index (χ0n) is 35.3. The second-order valence-electron chi connectivity index (χ2n) is 17.2. The van der Waals surface area contributed by atoms with Crippen molar-refractivity contribution in [3.05, 3.63) is 212 Å². The summed E-state index contributed by atoms with van der Waals surface area (Å²) < 4.78 is 20.4. The molecule has 11 aromatic rings. The fourth-order valence-electron chi connectivity index (χ4n) is 10.7. The van der Waals surface area contributed by atoms with Gasteiger partial charge in [-0.25, -0.2) is 0 Å². The first-order valence-electron chi connectivity index (χ1n) is 22.2. The average molecular weight is 833 g/mol. The summed E-state index contributed by atoms with van der Waals surface area (Å²) in [7, 11) is 0. The molecule has 6 heteroatoms. The second-order valence-corrected chi connectivity index (χ2v) is 17.2. The number of anilines is 5. The summed E-state index contributed by atoms with van der Waals surface area (Å²) in [6, 6.07) is 73.7. The molecule has 0 aliphatic carbocycles. The number of fused-ring (bicyclic) bond motifs is 11. The van der Waals surface area contributed by atoms with E-state index in [0.717, 1.165) is 72.5 Å². The Morgan fingerprint density at radius 1 is 0.415 bits per heavy atom. The molecule has 0 N–H and O–H groups in total. The lowest BCUT2D eigenvalue weighted by Crippen LogP contribution is -2.61. The summed E-state index contributed by atoms with van der Waals surface area (Å²) in [5.41, 5.74) is 17.5. The summed E-state index contributed by atoms with van der Waals surface area (Å²) in [4.78, 5) is 5.01. The van der Waals surface area contributed by atoms with Gasteiger partial charge in [-0.3, -0.25) is 0 Å². The number of rotatable bonds is 4. The predicted octanol–water partition coefficient (Wildman–Crippen LogP) is 15.0. The summed E-state index contributed by atoms with van der Waals surface area (Å²) in [6.45, 7) is 1.92. The summed E-state index contributed by atoms with van der Waals surface area (Å²) in [6.07, 6.45) is 0. The molecule has 10 aromatic carbocycles. The Bertz CT molecular complexity index is 3770. The largest absolute Gasteiger partial charge is 0.454 e. The van der Waals surface area contributed by atoms with Crippen LogP contribution in [0, 0.1) is 6.92 Å². The number of hydrogen-bond donors (Lipinski definition) is 0. The quantitative estimate of drug-likeness (QED) is 0.165. The van der Waals surface area contributed by atoms with Crippen molar-refractivity contribution in [2.75, 3.05) is 9.71 Å². The van der Waals surface area contributed by atoms with Gasteiger partial charge < -0.3 is 23.6 Å².